The van der Waals surface area contributed by atoms with Crippen LogP contribution in [-0.2, 0) is 19.5 Å². The molecule has 0 saturated heterocycles. The van der Waals surface area contributed by atoms with E-state index in [0.29, 0.717) is 0 Å². The van der Waals surface area contributed by atoms with Gasteiger partial charge in [-0.15, -0.1) is 11.3 Å². The first-order valence-electron chi connectivity index (χ1n) is 7.94. The molecule has 0 saturated carbocycles. The Kier molecular flexibility index (Phi) is 3.93. The Morgan fingerprint density at radius 2 is 2.04 bits per heavy atom. The summed E-state index contributed by atoms with van der Waals surface area (Å²) < 4.78 is 0. The normalized spacial score (nSPS) is 14.7. The van der Waals surface area contributed by atoms with E-state index in [1.807, 2.05) is 17.5 Å². The topological polar surface area (TPSA) is 29.0 Å². The van der Waals surface area contributed by atoms with Crippen molar-refractivity contribution < 1.29 is 0 Å². The zero-order valence-corrected chi connectivity index (χ0v) is 14.0. The minimum atomic E-state index is 0.835. The summed E-state index contributed by atoms with van der Waals surface area (Å²) in [5.74, 6) is 0.835. The second-order valence-corrected chi connectivity index (χ2v) is 7.10. The Morgan fingerprint density at radius 3 is 2.83 bits per heavy atom. The number of hydrogen-bond donors (Lipinski definition) is 0. The maximum Gasteiger partial charge on any atom is 0.159 e. The lowest BCUT2D eigenvalue weighted by Crippen LogP contribution is -2.30. The molecule has 4 rings (SSSR count). The van der Waals surface area contributed by atoms with Crippen LogP contribution >= 0.6 is 11.3 Å². The van der Waals surface area contributed by atoms with Gasteiger partial charge in [0.25, 0.3) is 0 Å². The van der Waals surface area contributed by atoms with Gasteiger partial charge in [0.15, 0.2) is 5.82 Å². The van der Waals surface area contributed by atoms with Gasteiger partial charge < -0.3 is 0 Å². The maximum absolute atomic E-state index is 4.84. The van der Waals surface area contributed by atoms with Crippen LogP contribution in [0.2, 0.25) is 0 Å². The first kappa shape index (κ1) is 14.5. The van der Waals surface area contributed by atoms with Gasteiger partial charge in [-0.05, 0) is 30.4 Å². The van der Waals surface area contributed by atoms with E-state index in [9.17, 15) is 0 Å². The average molecular weight is 321 g/mol. The minimum Gasteiger partial charge on any atom is -0.292 e. The Bertz CT molecular complexity index is 794. The van der Waals surface area contributed by atoms with Gasteiger partial charge in [0.05, 0.1) is 5.69 Å². The van der Waals surface area contributed by atoms with Crippen molar-refractivity contribution in [3.63, 3.8) is 0 Å². The van der Waals surface area contributed by atoms with Gasteiger partial charge in [-0.2, -0.15) is 0 Å². The number of aryl methyl sites for hydroxylation is 1. The summed E-state index contributed by atoms with van der Waals surface area (Å²) in [6, 6.07) is 12.8. The van der Waals surface area contributed by atoms with E-state index < -0.39 is 0 Å². The number of fused-ring (bicyclic) bond motifs is 1. The summed E-state index contributed by atoms with van der Waals surface area (Å²) >= 11 is 1.82. The Hall–Kier alpha value is -2.04. The standard InChI is InChI=1S/C19H19N3S/c1-14-4-6-15(7-5-14)19-20-11-16-8-9-22(13-18(16)21-19)12-17-3-2-10-23-17/h2-7,10-11H,8-9,12-13H2,1H3. The Balaban J connectivity index is 1.57. The fourth-order valence-corrected chi connectivity index (χ4v) is 3.70. The molecule has 1 aliphatic rings. The highest BCUT2D eigenvalue weighted by Gasteiger charge is 2.19. The molecule has 0 aliphatic carbocycles. The van der Waals surface area contributed by atoms with Crippen LogP contribution in [0.1, 0.15) is 21.7 Å². The van der Waals surface area contributed by atoms with Gasteiger partial charge in [-0.1, -0.05) is 35.9 Å². The van der Waals surface area contributed by atoms with Crippen molar-refractivity contribution in [2.75, 3.05) is 6.54 Å². The molecule has 0 spiro atoms. The molecular formula is C19H19N3S. The molecule has 2 aromatic heterocycles. The molecule has 0 fully saturated rings. The van der Waals surface area contributed by atoms with Crippen molar-refractivity contribution in [3.05, 3.63) is 69.7 Å². The predicted octanol–water partition coefficient (Wildman–Crippen LogP) is 4.07. The van der Waals surface area contributed by atoms with Crippen LogP contribution in [-0.4, -0.2) is 21.4 Å². The molecule has 116 valence electrons. The van der Waals surface area contributed by atoms with Crippen molar-refractivity contribution in [2.45, 2.75) is 26.4 Å². The van der Waals surface area contributed by atoms with Gasteiger partial charge in [0, 0.05) is 36.3 Å². The Morgan fingerprint density at radius 1 is 1.17 bits per heavy atom. The van der Waals surface area contributed by atoms with Gasteiger partial charge in [-0.25, -0.2) is 9.97 Å². The highest BCUT2D eigenvalue weighted by atomic mass is 32.1. The zero-order chi connectivity index (χ0) is 15.6. The highest BCUT2D eigenvalue weighted by molar-refractivity contribution is 7.09. The second-order valence-electron chi connectivity index (χ2n) is 6.07. The van der Waals surface area contributed by atoms with E-state index in [4.69, 9.17) is 4.98 Å². The summed E-state index contributed by atoms with van der Waals surface area (Å²) in [6.07, 6.45) is 3.05. The van der Waals surface area contributed by atoms with Crippen molar-refractivity contribution in [1.82, 2.24) is 14.9 Å². The van der Waals surface area contributed by atoms with Gasteiger partial charge in [-0.3, -0.25) is 4.90 Å². The molecule has 0 atom stereocenters. The van der Waals surface area contributed by atoms with Crippen molar-refractivity contribution in [2.24, 2.45) is 0 Å². The molecule has 0 N–H and O–H groups in total. The van der Waals surface area contributed by atoms with Crippen LogP contribution in [0.3, 0.4) is 0 Å². The third kappa shape index (κ3) is 3.19. The molecular weight excluding hydrogens is 302 g/mol. The van der Waals surface area contributed by atoms with Crippen LogP contribution in [0.15, 0.2) is 48.0 Å². The quantitative estimate of drug-likeness (QED) is 0.728. The molecule has 3 nitrogen and oxygen atoms in total. The smallest absolute Gasteiger partial charge is 0.159 e. The third-order valence-corrected chi connectivity index (χ3v) is 5.16. The first-order chi connectivity index (χ1) is 11.3. The summed E-state index contributed by atoms with van der Waals surface area (Å²) in [5.41, 5.74) is 4.82. The number of aromatic nitrogens is 2. The van der Waals surface area contributed by atoms with E-state index in [1.165, 1.54) is 21.7 Å². The average Bonchev–Trinajstić information content (AvgIpc) is 3.08. The van der Waals surface area contributed by atoms with Crippen LogP contribution in [0.25, 0.3) is 11.4 Å². The number of nitrogens with zero attached hydrogens (tertiary/aromatic N) is 3. The van der Waals surface area contributed by atoms with Crippen LogP contribution in [0.4, 0.5) is 0 Å². The van der Waals surface area contributed by atoms with Crippen molar-refractivity contribution in [3.8, 4) is 11.4 Å². The molecule has 3 heterocycles. The van der Waals surface area contributed by atoms with Gasteiger partial charge >= 0.3 is 0 Å². The summed E-state index contributed by atoms with van der Waals surface area (Å²) in [4.78, 5) is 13.3. The molecule has 1 aliphatic heterocycles. The van der Waals surface area contributed by atoms with Crippen LogP contribution in [0, 0.1) is 6.92 Å². The largest absolute Gasteiger partial charge is 0.292 e. The molecule has 3 aromatic rings. The second kappa shape index (κ2) is 6.22. The van der Waals surface area contributed by atoms with E-state index in [-0.39, 0.29) is 0 Å². The number of rotatable bonds is 3. The summed E-state index contributed by atoms with van der Waals surface area (Å²) in [7, 11) is 0. The molecule has 4 heteroatoms. The van der Waals surface area contributed by atoms with Crippen LogP contribution in [0.5, 0.6) is 0 Å². The molecule has 0 unspecified atom stereocenters. The number of thiophene rings is 1. The SMILES string of the molecule is Cc1ccc(-c2ncc3c(n2)CN(Cc2cccs2)CC3)cc1. The molecule has 0 radical (unpaired) electrons. The lowest BCUT2D eigenvalue weighted by atomic mass is 10.1. The third-order valence-electron chi connectivity index (χ3n) is 4.29. The number of hydrogen-bond acceptors (Lipinski definition) is 4. The maximum atomic E-state index is 4.84. The fraction of sp³-hybridized carbons (Fsp3) is 0.263. The van der Waals surface area contributed by atoms with Crippen molar-refractivity contribution in [1.29, 1.82) is 0 Å². The minimum absolute atomic E-state index is 0.835. The fourth-order valence-electron chi connectivity index (χ4n) is 2.96. The Labute approximate surface area is 140 Å². The molecule has 1 aromatic carbocycles. The summed E-state index contributed by atoms with van der Waals surface area (Å²) in [6.45, 7) is 5.10. The number of benzene rings is 1. The van der Waals surface area contributed by atoms with Crippen LogP contribution < -0.4 is 0 Å². The van der Waals surface area contributed by atoms with E-state index in [0.717, 1.165) is 37.4 Å². The first-order valence-corrected chi connectivity index (χ1v) is 8.82. The lowest BCUT2D eigenvalue weighted by Gasteiger charge is -2.27. The van der Waals surface area contributed by atoms with E-state index in [2.05, 4.69) is 58.6 Å². The van der Waals surface area contributed by atoms with E-state index >= 15 is 0 Å². The predicted molar refractivity (Wildman–Crippen MR) is 94.3 cm³/mol. The highest BCUT2D eigenvalue weighted by Crippen LogP contribution is 2.23. The molecule has 0 amide bonds. The van der Waals surface area contributed by atoms with E-state index in [1.54, 1.807) is 0 Å². The van der Waals surface area contributed by atoms with Gasteiger partial charge in [0.2, 0.25) is 0 Å². The summed E-state index contributed by atoms with van der Waals surface area (Å²) in [5, 5.41) is 2.14. The van der Waals surface area contributed by atoms with Crippen molar-refractivity contribution >= 4 is 11.3 Å². The monoisotopic (exact) mass is 321 g/mol. The zero-order valence-electron chi connectivity index (χ0n) is 13.2. The van der Waals surface area contributed by atoms with Gasteiger partial charge in [0.1, 0.15) is 0 Å². The molecule has 0 bridgehead atoms. The lowest BCUT2D eigenvalue weighted by molar-refractivity contribution is 0.243. The molecule has 23 heavy (non-hydrogen) atoms.